The van der Waals surface area contributed by atoms with E-state index in [4.69, 9.17) is 9.15 Å². The third-order valence-corrected chi connectivity index (χ3v) is 5.52. The SMILES string of the molecule is CCOc1ccccc1C(=O)NCC1CCN(C(=O)c2cc3ccccc3o2)CC1. The third kappa shape index (κ3) is 4.32. The number of likely N-dealkylation sites (tertiary alicyclic amines) is 1. The number of hydrogen-bond acceptors (Lipinski definition) is 4. The van der Waals surface area contributed by atoms with Gasteiger partial charge in [-0.25, -0.2) is 0 Å². The van der Waals surface area contributed by atoms with Crippen LogP contribution in [0, 0.1) is 5.92 Å². The molecule has 0 radical (unpaired) electrons. The van der Waals surface area contributed by atoms with E-state index in [9.17, 15) is 9.59 Å². The van der Waals surface area contributed by atoms with Crippen molar-refractivity contribution >= 4 is 22.8 Å². The number of carbonyl (C=O) groups is 2. The summed E-state index contributed by atoms with van der Waals surface area (Å²) < 4.78 is 11.2. The molecule has 0 saturated carbocycles. The zero-order chi connectivity index (χ0) is 20.9. The minimum atomic E-state index is -0.125. The van der Waals surface area contributed by atoms with Gasteiger partial charge < -0.3 is 19.4 Å². The van der Waals surface area contributed by atoms with Crippen molar-refractivity contribution in [3.63, 3.8) is 0 Å². The van der Waals surface area contributed by atoms with Crippen LogP contribution in [0.5, 0.6) is 5.75 Å². The van der Waals surface area contributed by atoms with Gasteiger partial charge in [-0.05, 0) is 49.9 Å². The highest BCUT2D eigenvalue weighted by molar-refractivity contribution is 5.97. The summed E-state index contributed by atoms with van der Waals surface area (Å²) in [6.45, 7) is 4.32. The first-order valence-corrected chi connectivity index (χ1v) is 10.4. The Kier molecular flexibility index (Phi) is 6.02. The summed E-state index contributed by atoms with van der Waals surface area (Å²) in [5, 5.41) is 3.96. The lowest BCUT2D eigenvalue weighted by molar-refractivity contribution is 0.0655. The fraction of sp³-hybridized carbons (Fsp3) is 0.333. The predicted octanol–water partition coefficient (Wildman–Crippen LogP) is 4.11. The van der Waals surface area contributed by atoms with Crippen molar-refractivity contribution in [2.45, 2.75) is 19.8 Å². The quantitative estimate of drug-likeness (QED) is 0.669. The highest BCUT2D eigenvalue weighted by Gasteiger charge is 2.26. The van der Waals surface area contributed by atoms with E-state index >= 15 is 0 Å². The minimum absolute atomic E-state index is 0.0701. The molecule has 30 heavy (non-hydrogen) atoms. The molecule has 0 bridgehead atoms. The number of nitrogens with zero attached hydrogens (tertiary/aromatic N) is 1. The van der Waals surface area contributed by atoms with Gasteiger partial charge in [0.15, 0.2) is 5.76 Å². The number of furan rings is 1. The Morgan fingerprint density at radius 1 is 1.10 bits per heavy atom. The molecule has 1 aliphatic heterocycles. The second-order valence-corrected chi connectivity index (χ2v) is 7.52. The summed E-state index contributed by atoms with van der Waals surface area (Å²) >= 11 is 0. The first-order valence-electron chi connectivity index (χ1n) is 10.4. The number of rotatable bonds is 6. The fourth-order valence-electron chi connectivity index (χ4n) is 3.85. The molecular weight excluding hydrogens is 380 g/mol. The Morgan fingerprint density at radius 2 is 1.83 bits per heavy atom. The van der Waals surface area contributed by atoms with Crippen LogP contribution in [0.3, 0.4) is 0 Å². The van der Waals surface area contributed by atoms with Gasteiger partial charge in [0.25, 0.3) is 11.8 Å². The van der Waals surface area contributed by atoms with Crippen LogP contribution in [0.1, 0.15) is 40.7 Å². The van der Waals surface area contributed by atoms with Crippen molar-refractivity contribution in [3.05, 3.63) is 65.9 Å². The maximum absolute atomic E-state index is 12.8. The number of amides is 2. The zero-order valence-electron chi connectivity index (χ0n) is 17.1. The first kappa shape index (κ1) is 20.0. The molecule has 0 unspecified atom stereocenters. The van der Waals surface area contributed by atoms with Crippen molar-refractivity contribution in [1.29, 1.82) is 0 Å². The van der Waals surface area contributed by atoms with E-state index in [0.29, 0.717) is 49.2 Å². The molecule has 0 atom stereocenters. The molecule has 2 heterocycles. The van der Waals surface area contributed by atoms with Gasteiger partial charge in [0.05, 0.1) is 12.2 Å². The number of carbonyl (C=O) groups excluding carboxylic acids is 2. The number of para-hydroxylation sites is 2. The van der Waals surface area contributed by atoms with E-state index in [-0.39, 0.29) is 11.8 Å². The van der Waals surface area contributed by atoms with Gasteiger partial charge in [0.1, 0.15) is 11.3 Å². The van der Waals surface area contributed by atoms with Crippen molar-refractivity contribution in [2.24, 2.45) is 5.92 Å². The smallest absolute Gasteiger partial charge is 0.289 e. The Balaban J connectivity index is 1.29. The zero-order valence-corrected chi connectivity index (χ0v) is 17.1. The van der Waals surface area contributed by atoms with Crippen molar-refractivity contribution in [2.75, 3.05) is 26.2 Å². The summed E-state index contributed by atoms with van der Waals surface area (Å²) in [7, 11) is 0. The largest absolute Gasteiger partial charge is 0.493 e. The van der Waals surface area contributed by atoms with Gasteiger partial charge in [-0.15, -0.1) is 0 Å². The van der Waals surface area contributed by atoms with E-state index in [1.807, 2.05) is 48.2 Å². The molecule has 2 aromatic carbocycles. The molecule has 0 spiro atoms. The number of piperidine rings is 1. The van der Waals surface area contributed by atoms with E-state index in [2.05, 4.69) is 5.32 Å². The Labute approximate surface area is 175 Å². The van der Waals surface area contributed by atoms with Gasteiger partial charge in [-0.3, -0.25) is 9.59 Å². The van der Waals surface area contributed by atoms with Crippen LogP contribution < -0.4 is 10.1 Å². The van der Waals surface area contributed by atoms with Gasteiger partial charge >= 0.3 is 0 Å². The van der Waals surface area contributed by atoms with Crippen molar-refractivity contribution < 1.29 is 18.7 Å². The standard InChI is InChI=1S/C24H26N2O4/c1-2-29-21-10-6-4-8-19(21)23(27)25-16-17-11-13-26(14-12-17)24(28)22-15-18-7-3-5-9-20(18)30-22/h3-10,15,17H,2,11-14,16H2,1H3,(H,25,27). The molecule has 4 rings (SSSR count). The van der Waals surface area contributed by atoms with Crippen LogP contribution in [0.15, 0.2) is 59.0 Å². The summed E-state index contributed by atoms with van der Waals surface area (Å²) in [5.74, 6) is 1.13. The second-order valence-electron chi connectivity index (χ2n) is 7.52. The van der Waals surface area contributed by atoms with Crippen molar-refractivity contribution in [1.82, 2.24) is 10.2 Å². The molecule has 1 N–H and O–H groups in total. The normalized spacial score (nSPS) is 14.6. The Bertz CT molecular complexity index is 1000. The van der Waals surface area contributed by atoms with Crippen LogP contribution in [-0.4, -0.2) is 43.0 Å². The number of hydrogen-bond donors (Lipinski definition) is 1. The maximum atomic E-state index is 12.8. The molecule has 6 nitrogen and oxygen atoms in total. The maximum Gasteiger partial charge on any atom is 0.289 e. The lowest BCUT2D eigenvalue weighted by atomic mass is 9.96. The topological polar surface area (TPSA) is 71.8 Å². The number of benzene rings is 2. The molecule has 2 amide bonds. The van der Waals surface area contributed by atoms with Gasteiger partial charge in [-0.1, -0.05) is 30.3 Å². The van der Waals surface area contributed by atoms with E-state index in [1.165, 1.54) is 0 Å². The highest BCUT2D eigenvalue weighted by Crippen LogP contribution is 2.23. The summed E-state index contributed by atoms with van der Waals surface area (Å²) in [4.78, 5) is 27.2. The first-order chi connectivity index (χ1) is 14.7. The summed E-state index contributed by atoms with van der Waals surface area (Å²) in [6, 6.07) is 16.7. The predicted molar refractivity (Wildman–Crippen MR) is 115 cm³/mol. The minimum Gasteiger partial charge on any atom is -0.493 e. The highest BCUT2D eigenvalue weighted by atomic mass is 16.5. The third-order valence-electron chi connectivity index (χ3n) is 5.52. The van der Waals surface area contributed by atoms with Crippen LogP contribution in [0.4, 0.5) is 0 Å². The van der Waals surface area contributed by atoms with Crippen LogP contribution >= 0.6 is 0 Å². The number of ether oxygens (including phenoxy) is 1. The molecular formula is C24H26N2O4. The number of fused-ring (bicyclic) bond motifs is 1. The molecule has 1 aliphatic rings. The summed E-state index contributed by atoms with van der Waals surface area (Å²) in [6.07, 6.45) is 1.69. The molecule has 6 heteroatoms. The van der Waals surface area contributed by atoms with Crippen LogP contribution in [0.25, 0.3) is 11.0 Å². The van der Waals surface area contributed by atoms with E-state index in [0.717, 1.165) is 23.8 Å². The summed E-state index contributed by atoms with van der Waals surface area (Å²) in [5.41, 5.74) is 1.28. The lowest BCUT2D eigenvalue weighted by Crippen LogP contribution is -2.41. The van der Waals surface area contributed by atoms with Gasteiger partial charge in [-0.2, -0.15) is 0 Å². The molecule has 0 aliphatic carbocycles. The average molecular weight is 406 g/mol. The van der Waals surface area contributed by atoms with Gasteiger partial charge in [0.2, 0.25) is 0 Å². The average Bonchev–Trinajstić information content (AvgIpc) is 3.22. The molecule has 1 aromatic heterocycles. The molecule has 1 fully saturated rings. The van der Waals surface area contributed by atoms with Crippen molar-refractivity contribution in [3.8, 4) is 5.75 Å². The van der Waals surface area contributed by atoms with E-state index < -0.39 is 0 Å². The molecule has 3 aromatic rings. The number of nitrogens with one attached hydrogen (secondary N) is 1. The van der Waals surface area contributed by atoms with Crippen LogP contribution in [-0.2, 0) is 0 Å². The van der Waals surface area contributed by atoms with Crippen LogP contribution in [0.2, 0.25) is 0 Å². The molecule has 156 valence electrons. The Morgan fingerprint density at radius 3 is 2.60 bits per heavy atom. The molecule has 1 saturated heterocycles. The fourth-order valence-corrected chi connectivity index (χ4v) is 3.85. The second kappa shape index (κ2) is 9.03. The lowest BCUT2D eigenvalue weighted by Gasteiger charge is -2.31. The Hall–Kier alpha value is -3.28. The van der Waals surface area contributed by atoms with E-state index in [1.54, 1.807) is 18.2 Å². The monoisotopic (exact) mass is 406 g/mol. The van der Waals surface area contributed by atoms with Gasteiger partial charge in [0, 0.05) is 25.0 Å².